The van der Waals surface area contributed by atoms with Gasteiger partial charge < -0.3 is 4.42 Å². The largest absolute Gasteiger partial charge is 0.444 e. The van der Waals surface area contributed by atoms with Crippen molar-refractivity contribution < 1.29 is 9.21 Å². The van der Waals surface area contributed by atoms with Gasteiger partial charge in [-0.05, 0) is 59.7 Å². The number of nitrogens with zero attached hydrogens (tertiary/aromatic N) is 1. The molecule has 1 fully saturated rings. The molecule has 1 aromatic rings. The molecule has 1 atom stereocenters. The van der Waals surface area contributed by atoms with E-state index in [0.717, 1.165) is 25.0 Å². The molecule has 1 N–H and O–H groups in total. The van der Waals surface area contributed by atoms with Crippen molar-refractivity contribution >= 4 is 27.5 Å². The number of hydrazone groups is 1. The number of halogens is 1. The predicted octanol–water partition coefficient (Wildman–Crippen LogP) is 3.34. The highest BCUT2D eigenvalue weighted by atomic mass is 79.9. The number of nitrogens with one attached hydrogen (secondary N) is 1. The summed E-state index contributed by atoms with van der Waals surface area (Å²) >= 11 is 3.15. The fourth-order valence-electron chi connectivity index (χ4n) is 1.98. The number of amides is 1. The second-order valence-electron chi connectivity index (χ2n) is 4.42. The predicted molar refractivity (Wildman–Crippen MR) is 68.9 cm³/mol. The maximum absolute atomic E-state index is 11.6. The van der Waals surface area contributed by atoms with Crippen molar-refractivity contribution in [1.82, 2.24) is 5.43 Å². The van der Waals surface area contributed by atoms with Crippen LogP contribution < -0.4 is 5.43 Å². The third-order valence-corrected chi connectivity index (χ3v) is 3.29. The van der Waals surface area contributed by atoms with Crippen molar-refractivity contribution in [3.8, 4) is 0 Å². The van der Waals surface area contributed by atoms with Gasteiger partial charge in [-0.2, -0.15) is 5.10 Å². The third kappa shape index (κ3) is 3.43. The van der Waals surface area contributed by atoms with Crippen LogP contribution in [0.2, 0.25) is 0 Å². The van der Waals surface area contributed by atoms with E-state index in [2.05, 4.69) is 33.4 Å². The summed E-state index contributed by atoms with van der Waals surface area (Å²) in [5, 5.41) is 4.16. The lowest BCUT2D eigenvalue weighted by Gasteiger charge is -2.18. The fraction of sp³-hybridized carbons (Fsp3) is 0.500. The molecule has 0 saturated heterocycles. The third-order valence-electron chi connectivity index (χ3n) is 2.86. The molecule has 1 heterocycles. The van der Waals surface area contributed by atoms with Crippen LogP contribution in [0.25, 0.3) is 0 Å². The Morgan fingerprint density at radius 2 is 2.41 bits per heavy atom. The van der Waals surface area contributed by atoms with E-state index in [1.807, 2.05) is 0 Å². The summed E-state index contributed by atoms with van der Waals surface area (Å²) < 4.78 is 5.68. The number of rotatable bonds is 2. The average molecular weight is 299 g/mol. The molecule has 0 radical (unpaired) electrons. The normalized spacial score (nSPS) is 22.7. The van der Waals surface area contributed by atoms with Crippen LogP contribution in [0, 0.1) is 5.92 Å². The maximum atomic E-state index is 11.6. The first kappa shape index (κ1) is 12.4. The minimum atomic E-state index is -0.304. The van der Waals surface area contributed by atoms with Gasteiger partial charge in [0.2, 0.25) is 0 Å². The van der Waals surface area contributed by atoms with Crippen molar-refractivity contribution in [2.24, 2.45) is 11.0 Å². The Morgan fingerprint density at radius 3 is 3.06 bits per heavy atom. The van der Waals surface area contributed by atoms with E-state index in [0.29, 0.717) is 10.6 Å². The van der Waals surface area contributed by atoms with Gasteiger partial charge >= 0.3 is 5.91 Å². The van der Waals surface area contributed by atoms with Crippen LogP contribution in [0.5, 0.6) is 0 Å². The minimum Gasteiger partial charge on any atom is -0.444 e. The molecule has 0 bridgehead atoms. The molecule has 0 spiro atoms. The van der Waals surface area contributed by atoms with Crippen molar-refractivity contribution in [1.29, 1.82) is 0 Å². The van der Waals surface area contributed by atoms with Crippen molar-refractivity contribution in [2.45, 2.75) is 32.6 Å². The molecular formula is C12H15BrN2O2. The monoisotopic (exact) mass is 298 g/mol. The van der Waals surface area contributed by atoms with Crippen LogP contribution in [0.1, 0.15) is 43.2 Å². The zero-order valence-electron chi connectivity index (χ0n) is 9.70. The van der Waals surface area contributed by atoms with Crippen molar-refractivity contribution in [2.75, 3.05) is 0 Å². The van der Waals surface area contributed by atoms with Gasteiger partial charge in [-0.1, -0.05) is 6.92 Å². The Balaban J connectivity index is 1.93. The molecule has 1 saturated carbocycles. The van der Waals surface area contributed by atoms with Gasteiger partial charge in [-0.25, -0.2) is 5.43 Å². The van der Waals surface area contributed by atoms with Gasteiger partial charge in [0.05, 0.1) is 0 Å². The van der Waals surface area contributed by atoms with E-state index in [4.69, 9.17) is 4.42 Å². The summed E-state index contributed by atoms with van der Waals surface area (Å²) in [7, 11) is 0. The molecular weight excluding hydrogens is 284 g/mol. The Morgan fingerprint density at radius 1 is 1.59 bits per heavy atom. The fourth-order valence-corrected chi connectivity index (χ4v) is 2.29. The summed E-state index contributed by atoms with van der Waals surface area (Å²) in [6, 6.07) is 3.30. The van der Waals surface area contributed by atoms with Crippen LogP contribution in [-0.2, 0) is 0 Å². The molecule has 5 heteroatoms. The number of carbonyl (C=O) groups is 1. The Hall–Kier alpha value is -1.10. The molecule has 1 aliphatic rings. The highest BCUT2D eigenvalue weighted by Crippen LogP contribution is 2.21. The van der Waals surface area contributed by atoms with Crippen molar-refractivity contribution in [3.63, 3.8) is 0 Å². The molecule has 4 nitrogen and oxygen atoms in total. The molecule has 1 amide bonds. The smallest absolute Gasteiger partial charge is 0.307 e. The summed E-state index contributed by atoms with van der Waals surface area (Å²) in [5.41, 5.74) is 3.61. The van der Waals surface area contributed by atoms with Gasteiger partial charge in [-0.3, -0.25) is 4.79 Å². The molecule has 1 aliphatic carbocycles. The topological polar surface area (TPSA) is 54.6 Å². The SMILES string of the molecule is CC1CCC/C(=N/NC(=O)c2ccc(Br)o2)C1. The quantitative estimate of drug-likeness (QED) is 0.852. The van der Waals surface area contributed by atoms with Crippen LogP contribution in [0.4, 0.5) is 0 Å². The van der Waals surface area contributed by atoms with E-state index in [-0.39, 0.29) is 11.7 Å². The van der Waals surface area contributed by atoms with Gasteiger partial charge in [0.15, 0.2) is 10.4 Å². The lowest BCUT2D eigenvalue weighted by atomic mass is 9.89. The van der Waals surface area contributed by atoms with Crippen LogP contribution in [0.15, 0.2) is 26.3 Å². The Kier molecular flexibility index (Phi) is 3.99. The van der Waals surface area contributed by atoms with E-state index in [1.54, 1.807) is 12.1 Å². The highest BCUT2D eigenvalue weighted by Gasteiger charge is 2.15. The van der Waals surface area contributed by atoms with Gasteiger partial charge in [-0.15, -0.1) is 0 Å². The first-order valence-corrected chi connectivity index (χ1v) is 6.55. The molecule has 1 aromatic heterocycles. The van der Waals surface area contributed by atoms with Crippen LogP contribution >= 0.6 is 15.9 Å². The number of furan rings is 1. The number of hydrogen-bond acceptors (Lipinski definition) is 3. The summed E-state index contributed by atoms with van der Waals surface area (Å²) in [6.45, 7) is 2.21. The van der Waals surface area contributed by atoms with Gasteiger partial charge in [0, 0.05) is 5.71 Å². The average Bonchev–Trinajstić information content (AvgIpc) is 2.73. The summed E-state index contributed by atoms with van der Waals surface area (Å²) in [6.07, 6.45) is 4.36. The molecule has 17 heavy (non-hydrogen) atoms. The maximum Gasteiger partial charge on any atom is 0.307 e. The van der Waals surface area contributed by atoms with E-state index >= 15 is 0 Å². The van der Waals surface area contributed by atoms with Crippen molar-refractivity contribution in [3.05, 3.63) is 22.6 Å². The van der Waals surface area contributed by atoms with Crippen LogP contribution in [-0.4, -0.2) is 11.6 Å². The minimum absolute atomic E-state index is 0.269. The van der Waals surface area contributed by atoms with Gasteiger partial charge in [0.1, 0.15) is 0 Å². The van der Waals surface area contributed by atoms with E-state index < -0.39 is 0 Å². The molecule has 1 unspecified atom stereocenters. The molecule has 2 rings (SSSR count). The highest BCUT2D eigenvalue weighted by molar-refractivity contribution is 9.10. The summed E-state index contributed by atoms with van der Waals surface area (Å²) in [4.78, 5) is 11.6. The van der Waals surface area contributed by atoms with Crippen LogP contribution in [0.3, 0.4) is 0 Å². The summed E-state index contributed by atoms with van der Waals surface area (Å²) in [5.74, 6) is 0.628. The lowest BCUT2D eigenvalue weighted by molar-refractivity contribution is 0.0925. The second kappa shape index (κ2) is 5.49. The zero-order valence-corrected chi connectivity index (χ0v) is 11.3. The van der Waals surface area contributed by atoms with E-state index in [1.165, 1.54) is 6.42 Å². The number of carbonyl (C=O) groups excluding carboxylic acids is 1. The molecule has 92 valence electrons. The standard InChI is InChI=1S/C12H15BrN2O2/c1-8-3-2-4-9(7-8)14-15-12(16)10-5-6-11(13)17-10/h5-6,8H,2-4,7H2,1H3,(H,15,16)/b14-9-. The van der Waals surface area contributed by atoms with E-state index in [9.17, 15) is 4.79 Å². The lowest BCUT2D eigenvalue weighted by Crippen LogP contribution is -2.21. The molecule has 0 aromatic carbocycles. The first-order chi connectivity index (χ1) is 8.15. The first-order valence-electron chi connectivity index (χ1n) is 5.76. The Bertz CT molecular complexity index is 439. The molecule has 0 aliphatic heterocycles. The number of hydrogen-bond donors (Lipinski definition) is 1. The second-order valence-corrected chi connectivity index (χ2v) is 5.21. The Labute approximate surface area is 109 Å². The zero-order chi connectivity index (χ0) is 12.3. The van der Waals surface area contributed by atoms with Gasteiger partial charge in [0.25, 0.3) is 0 Å².